The van der Waals surface area contributed by atoms with Gasteiger partial charge in [0.15, 0.2) is 17.3 Å². The highest BCUT2D eigenvalue weighted by molar-refractivity contribution is 5.84. The molecule has 0 saturated carbocycles. The Labute approximate surface area is 152 Å². The highest BCUT2D eigenvalue weighted by Gasteiger charge is 2.12. The van der Waals surface area contributed by atoms with Crippen LogP contribution in [0.4, 0.5) is 5.82 Å². The van der Waals surface area contributed by atoms with E-state index in [9.17, 15) is 0 Å². The largest absolute Gasteiger partial charge is 0.367 e. The first-order valence-electron chi connectivity index (χ1n) is 8.64. The van der Waals surface area contributed by atoms with E-state index in [1.165, 1.54) is 5.56 Å². The van der Waals surface area contributed by atoms with E-state index in [1.807, 2.05) is 36.4 Å². The molecule has 128 valence electrons. The van der Waals surface area contributed by atoms with Gasteiger partial charge in [-0.1, -0.05) is 67.6 Å². The monoisotopic (exact) mass is 341 g/mol. The fourth-order valence-electron chi connectivity index (χ4n) is 2.85. The lowest BCUT2D eigenvalue weighted by Crippen LogP contribution is -2.12. The topological polar surface area (TPSA) is 63.6 Å². The van der Waals surface area contributed by atoms with E-state index < -0.39 is 0 Å². The van der Waals surface area contributed by atoms with Crippen LogP contribution in [0.2, 0.25) is 0 Å². The van der Waals surface area contributed by atoms with E-state index in [-0.39, 0.29) is 0 Å². The van der Waals surface area contributed by atoms with Crippen molar-refractivity contribution in [3.63, 3.8) is 0 Å². The molecular weight excluding hydrogens is 322 g/mol. The number of rotatable bonds is 5. The maximum atomic E-state index is 4.71. The molecule has 0 aliphatic heterocycles. The predicted molar refractivity (Wildman–Crippen MR) is 104 cm³/mol. The third-order valence-corrected chi connectivity index (χ3v) is 4.31. The van der Waals surface area contributed by atoms with Crippen molar-refractivity contribution in [3.05, 3.63) is 78.6 Å². The van der Waals surface area contributed by atoms with Gasteiger partial charge in [0.05, 0.1) is 0 Å². The Morgan fingerprint density at radius 1 is 0.846 bits per heavy atom. The van der Waals surface area contributed by atoms with Crippen LogP contribution < -0.4 is 5.32 Å². The van der Waals surface area contributed by atoms with E-state index in [1.54, 1.807) is 12.4 Å². The first kappa shape index (κ1) is 16.1. The van der Waals surface area contributed by atoms with E-state index in [0.717, 1.165) is 12.1 Å². The molecule has 4 aromatic rings. The molecule has 0 radical (unpaired) electrons. The Bertz CT molecular complexity index is 1000. The summed E-state index contributed by atoms with van der Waals surface area (Å²) in [5.74, 6) is 1.70. The van der Waals surface area contributed by atoms with Gasteiger partial charge in [-0.25, -0.2) is 19.9 Å². The smallest absolute Gasteiger partial charge is 0.184 e. The van der Waals surface area contributed by atoms with Crippen molar-refractivity contribution in [2.75, 3.05) is 11.9 Å². The third kappa shape index (κ3) is 3.37. The van der Waals surface area contributed by atoms with Crippen molar-refractivity contribution >= 4 is 17.0 Å². The molecule has 5 nitrogen and oxygen atoms in total. The molecule has 4 rings (SSSR count). The minimum atomic E-state index is 0.345. The summed E-state index contributed by atoms with van der Waals surface area (Å²) in [7, 11) is 0. The lowest BCUT2D eigenvalue weighted by molar-refractivity contribution is 0.802. The Morgan fingerprint density at radius 3 is 2.31 bits per heavy atom. The standard InChI is InChI=1S/C21H19N5/c1-15(16-8-4-2-5-9-16)14-24-21-18-20(23-13-12-22-18)25-19(26-21)17-10-6-3-7-11-17/h2-13,15H,14H2,1H3,(H,23,24,25,26)/t15-/m0/s1. The van der Waals surface area contributed by atoms with Crippen LogP contribution in [0.15, 0.2) is 73.1 Å². The maximum absolute atomic E-state index is 4.71. The van der Waals surface area contributed by atoms with Crippen LogP contribution in [0.25, 0.3) is 22.6 Å². The van der Waals surface area contributed by atoms with Gasteiger partial charge < -0.3 is 5.32 Å². The van der Waals surface area contributed by atoms with Gasteiger partial charge in [-0.2, -0.15) is 0 Å². The molecule has 0 aliphatic carbocycles. The molecule has 0 spiro atoms. The van der Waals surface area contributed by atoms with E-state index in [4.69, 9.17) is 4.98 Å². The number of benzene rings is 2. The van der Waals surface area contributed by atoms with Gasteiger partial charge in [0, 0.05) is 24.5 Å². The van der Waals surface area contributed by atoms with Crippen LogP contribution in [-0.4, -0.2) is 26.5 Å². The summed E-state index contributed by atoms with van der Waals surface area (Å²) >= 11 is 0. The molecule has 0 fully saturated rings. The van der Waals surface area contributed by atoms with Crippen LogP contribution in [0.5, 0.6) is 0 Å². The summed E-state index contributed by atoms with van der Waals surface area (Å²) < 4.78 is 0. The lowest BCUT2D eigenvalue weighted by atomic mass is 10.0. The Hall–Kier alpha value is -3.34. The first-order chi connectivity index (χ1) is 12.8. The highest BCUT2D eigenvalue weighted by Crippen LogP contribution is 2.23. The average molecular weight is 341 g/mol. The summed E-state index contributed by atoms with van der Waals surface area (Å²) in [5, 5.41) is 3.44. The van der Waals surface area contributed by atoms with Gasteiger partial charge in [-0.3, -0.25) is 0 Å². The maximum Gasteiger partial charge on any atom is 0.184 e. The average Bonchev–Trinajstić information content (AvgIpc) is 2.73. The van der Waals surface area contributed by atoms with Crippen LogP contribution >= 0.6 is 0 Å². The summed E-state index contributed by atoms with van der Waals surface area (Å²) in [6, 6.07) is 20.3. The van der Waals surface area contributed by atoms with Gasteiger partial charge in [0.1, 0.15) is 5.52 Å². The van der Waals surface area contributed by atoms with Crippen LogP contribution in [-0.2, 0) is 0 Å². The minimum absolute atomic E-state index is 0.345. The zero-order chi connectivity index (χ0) is 17.8. The molecule has 0 unspecified atom stereocenters. The Balaban J connectivity index is 1.67. The number of nitrogens with one attached hydrogen (secondary N) is 1. The summed E-state index contributed by atoms with van der Waals surface area (Å²) in [4.78, 5) is 18.1. The van der Waals surface area contributed by atoms with E-state index in [0.29, 0.717) is 28.7 Å². The summed E-state index contributed by atoms with van der Waals surface area (Å²) in [5.41, 5.74) is 3.52. The summed E-state index contributed by atoms with van der Waals surface area (Å²) in [6.45, 7) is 2.94. The fraction of sp³-hybridized carbons (Fsp3) is 0.143. The van der Waals surface area contributed by atoms with E-state index in [2.05, 4.69) is 51.5 Å². The molecule has 26 heavy (non-hydrogen) atoms. The first-order valence-corrected chi connectivity index (χ1v) is 8.64. The number of hydrogen-bond donors (Lipinski definition) is 1. The molecule has 0 saturated heterocycles. The Morgan fingerprint density at radius 2 is 1.54 bits per heavy atom. The van der Waals surface area contributed by atoms with Crippen molar-refractivity contribution in [1.29, 1.82) is 0 Å². The molecule has 5 heteroatoms. The van der Waals surface area contributed by atoms with Crippen molar-refractivity contribution in [1.82, 2.24) is 19.9 Å². The van der Waals surface area contributed by atoms with E-state index >= 15 is 0 Å². The number of anilines is 1. The molecule has 2 aromatic carbocycles. The van der Waals surface area contributed by atoms with Crippen molar-refractivity contribution in [2.45, 2.75) is 12.8 Å². The third-order valence-electron chi connectivity index (χ3n) is 4.31. The molecule has 0 bridgehead atoms. The van der Waals surface area contributed by atoms with Crippen molar-refractivity contribution in [2.24, 2.45) is 0 Å². The number of aromatic nitrogens is 4. The number of hydrogen-bond acceptors (Lipinski definition) is 5. The van der Waals surface area contributed by atoms with Crippen LogP contribution in [0.1, 0.15) is 18.4 Å². The van der Waals surface area contributed by atoms with Gasteiger partial charge in [-0.15, -0.1) is 0 Å². The molecule has 1 atom stereocenters. The van der Waals surface area contributed by atoms with Gasteiger partial charge in [0.25, 0.3) is 0 Å². The molecule has 0 amide bonds. The predicted octanol–water partition coefficient (Wildman–Crippen LogP) is 4.30. The van der Waals surface area contributed by atoms with Gasteiger partial charge in [-0.05, 0) is 11.5 Å². The SMILES string of the molecule is C[C@@H](CNc1nc(-c2ccccc2)nc2nccnc12)c1ccccc1. The molecular formula is C21H19N5. The van der Waals surface area contributed by atoms with Crippen molar-refractivity contribution < 1.29 is 0 Å². The second-order valence-corrected chi connectivity index (χ2v) is 6.18. The zero-order valence-corrected chi connectivity index (χ0v) is 14.5. The van der Waals surface area contributed by atoms with Gasteiger partial charge >= 0.3 is 0 Å². The molecule has 2 aromatic heterocycles. The second kappa shape index (κ2) is 7.27. The Kier molecular flexibility index (Phi) is 4.51. The normalized spacial score (nSPS) is 12.0. The fourth-order valence-corrected chi connectivity index (χ4v) is 2.85. The minimum Gasteiger partial charge on any atom is -0.367 e. The van der Waals surface area contributed by atoms with Gasteiger partial charge in [0.2, 0.25) is 0 Å². The van der Waals surface area contributed by atoms with Crippen LogP contribution in [0, 0.1) is 0 Å². The number of fused-ring (bicyclic) bond motifs is 1. The molecule has 2 heterocycles. The second-order valence-electron chi connectivity index (χ2n) is 6.18. The van der Waals surface area contributed by atoms with Crippen LogP contribution in [0.3, 0.4) is 0 Å². The highest BCUT2D eigenvalue weighted by atomic mass is 15.1. The zero-order valence-electron chi connectivity index (χ0n) is 14.5. The molecule has 1 N–H and O–H groups in total. The lowest BCUT2D eigenvalue weighted by Gasteiger charge is -2.15. The quantitative estimate of drug-likeness (QED) is 0.586. The summed E-state index contributed by atoms with van der Waals surface area (Å²) in [6.07, 6.45) is 3.32. The molecule has 0 aliphatic rings. The van der Waals surface area contributed by atoms with Crippen molar-refractivity contribution in [3.8, 4) is 11.4 Å². The number of nitrogens with zero attached hydrogens (tertiary/aromatic N) is 4.